The van der Waals surface area contributed by atoms with Gasteiger partial charge in [0.2, 0.25) is 0 Å². The lowest BCUT2D eigenvalue weighted by molar-refractivity contribution is 0.776. The molecule has 0 amide bonds. The summed E-state index contributed by atoms with van der Waals surface area (Å²) in [5.74, 6) is 0. The van der Waals surface area contributed by atoms with Crippen LogP contribution in [0, 0.1) is 22.7 Å². The Balaban J connectivity index is 2.31. The number of aryl methyl sites for hydroxylation is 1. The van der Waals surface area contributed by atoms with Gasteiger partial charge in [-0.3, -0.25) is 4.68 Å². The normalized spacial score (nSPS) is 9.95. The first-order chi connectivity index (χ1) is 10.8. The fourth-order valence-electron chi connectivity index (χ4n) is 2.56. The standard InChI is InChI=1S/C18H12N4/c1-22-18(16-9-5-3-7-14(16)11-20)17(12-21-22)15-8-4-2-6-13(15)10-19/h2-9,12H,1H3. The third-order valence-corrected chi connectivity index (χ3v) is 3.58. The molecule has 0 fully saturated rings. The van der Waals surface area contributed by atoms with Gasteiger partial charge in [-0.1, -0.05) is 36.4 Å². The number of nitrogens with zero attached hydrogens (tertiary/aromatic N) is 4. The SMILES string of the molecule is Cn1ncc(-c2ccccc2C#N)c1-c1ccccc1C#N. The quantitative estimate of drug-likeness (QED) is 0.723. The Labute approximate surface area is 128 Å². The molecule has 3 rings (SSSR count). The van der Waals surface area contributed by atoms with Gasteiger partial charge in [0.1, 0.15) is 0 Å². The van der Waals surface area contributed by atoms with Crippen molar-refractivity contribution in [1.29, 1.82) is 10.5 Å². The molecule has 0 unspecified atom stereocenters. The van der Waals surface area contributed by atoms with E-state index in [1.54, 1.807) is 23.0 Å². The average Bonchev–Trinajstić information content (AvgIpc) is 2.96. The van der Waals surface area contributed by atoms with E-state index in [1.807, 2.05) is 43.4 Å². The van der Waals surface area contributed by atoms with E-state index in [0.29, 0.717) is 11.1 Å². The third-order valence-electron chi connectivity index (χ3n) is 3.58. The van der Waals surface area contributed by atoms with Gasteiger partial charge in [0.15, 0.2) is 0 Å². The van der Waals surface area contributed by atoms with Crippen LogP contribution in [-0.4, -0.2) is 9.78 Å². The van der Waals surface area contributed by atoms with Crippen LogP contribution in [0.15, 0.2) is 54.7 Å². The largest absolute Gasteiger partial charge is 0.267 e. The van der Waals surface area contributed by atoms with Gasteiger partial charge in [-0.25, -0.2) is 0 Å². The van der Waals surface area contributed by atoms with E-state index in [0.717, 1.165) is 22.4 Å². The molecule has 0 bridgehead atoms. The summed E-state index contributed by atoms with van der Waals surface area (Å²) in [5, 5.41) is 23.0. The molecular formula is C18H12N4. The number of aromatic nitrogens is 2. The van der Waals surface area contributed by atoms with Crippen molar-refractivity contribution in [3.05, 3.63) is 65.9 Å². The van der Waals surface area contributed by atoms with Crippen LogP contribution in [0.3, 0.4) is 0 Å². The molecule has 0 saturated carbocycles. The fraction of sp³-hybridized carbons (Fsp3) is 0.0556. The Morgan fingerprint density at radius 1 is 0.818 bits per heavy atom. The molecule has 4 nitrogen and oxygen atoms in total. The Kier molecular flexibility index (Phi) is 3.43. The lowest BCUT2D eigenvalue weighted by Crippen LogP contribution is -1.97. The van der Waals surface area contributed by atoms with Crippen LogP contribution in [0.2, 0.25) is 0 Å². The van der Waals surface area contributed by atoms with E-state index in [4.69, 9.17) is 0 Å². The van der Waals surface area contributed by atoms with Crippen LogP contribution >= 0.6 is 0 Å². The number of nitriles is 2. The summed E-state index contributed by atoms with van der Waals surface area (Å²) < 4.78 is 1.74. The highest BCUT2D eigenvalue weighted by Gasteiger charge is 2.17. The Morgan fingerprint density at radius 3 is 2.00 bits per heavy atom. The molecule has 2 aromatic carbocycles. The van der Waals surface area contributed by atoms with Gasteiger partial charge in [0.25, 0.3) is 0 Å². The van der Waals surface area contributed by atoms with Gasteiger partial charge in [-0.2, -0.15) is 15.6 Å². The van der Waals surface area contributed by atoms with E-state index in [-0.39, 0.29) is 0 Å². The van der Waals surface area contributed by atoms with E-state index in [2.05, 4.69) is 17.2 Å². The van der Waals surface area contributed by atoms with Crippen molar-refractivity contribution >= 4 is 0 Å². The van der Waals surface area contributed by atoms with Crippen LogP contribution in [0.5, 0.6) is 0 Å². The Bertz CT molecular complexity index is 923. The first-order valence-corrected chi connectivity index (χ1v) is 6.77. The van der Waals surface area contributed by atoms with E-state index >= 15 is 0 Å². The molecule has 0 N–H and O–H groups in total. The molecule has 0 aliphatic carbocycles. The smallest absolute Gasteiger partial charge is 0.0998 e. The zero-order chi connectivity index (χ0) is 15.5. The van der Waals surface area contributed by atoms with Crippen molar-refractivity contribution < 1.29 is 0 Å². The first-order valence-electron chi connectivity index (χ1n) is 6.77. The molecule has 0 saturated heterocycles. The summed E-state index contributed by atoms with van der Waals surface area (Å²) in [4.78, 5) is 0. The second kappa shape index (κ2) is 5.55. The van der Waals surface area contributed by atoms with Crippen LogP contribution < -0.4 is 0 Å². The summed E-state index contributed by atoms with van der Waals surface area (Å²) in [7, 11) is 1.84. The van der Waals surface area contributed by atoms with Gasteiger partial charge in [0, 0.05) is 23.7 Å². The summed E-state index contributed by atoms with van der Waals surface area (Å²) in [6.45, 7) is 0. The Morgan fingerprint density at radius 2 is 1.36 bits per heavy atom. The van der Waals surface area contributed by atoms with Gasteiger partial charge < -0.3 is 0 Å². The minimum absolute atomic E-state index is 0.585. The van der Waals surface area contributed by atoms with Crippen LogP contribution in [-0.2, 0) is 7.05 Å². The molecule has 0 radical (unpaired) electrons. The number of benzene rings is 2. The second-order valence-electron chi connectivity index (χ2n) is 4.85. The van der Waals surface area contributed by atoms with Crippen molar-refractivity contribution in [1.82, 2.24) is 9.78 Å². The molecule has 1 aromatic heterocycles. The minimum atomic E-state index is 0.585. The number of rotatable bonds is 2. The van der Waals surface area contributed by atoms with Crippen molar-refractivity contribution in [3.8, 4) is 34.5 Å². The van der Waals surface area contributed by atoms with Gasteiger partial charge in [-0.05, 0) is 12.1 Å². The summed E-state index contributed by atoms with van der Waals surface area (Å²) in [6.07, 6.45) is 1.74. The first kappa shape index (κ1) is 13.6. The van der Waals surface area contributed by atoms with Crippen LogP contribution in [0.25, 0.3) is 22.4 Å². The molecule has 3 aromatic rings. The molecule has 0 atom stereocenters. The summed E-state index contributed by atoms with van der Waals surface area (Å²) >= 11 is 0. The topological polar surface area (TPSA) is 65.4 Å². The highest BCUT2D eigenvalue weighted by Crippen LogP contribution is 2.34. The van der Waals surface area contributed by atoms with Crippen molar-refractivity contribution in [2.24, 2.45) is 7.05 Å². The van der Waals surface area contributed by atoms with Gasteiger partial charge >= 0.3 is 0 Å². The van der Waals surface area contributed by atoms with Crippen LogP contribution in [0.1, 0.15) is 11.1 Å². The van der Waals surface area contributed by atoms with E-state index in [1.165, 1.54) is 0 Å². The second-order valence-corrected chi connectivity index (χ2v) is 4.85. The molecule has 22 heavy (non-hydrogen) atoms. The van der Waals surface area contributed by atoms with Crippen molar-refractivity contribution in [2.75, 3.05) is 0 Å². The zero-order valence-corrected chi connectivity index (χ0v) is 12.0. The minimum Gasteiger partial charge on any atom is -0.267 e. The molecule has 0 aliphatic rings. The lowest BCUT2D eigenvalue weighted by atomic mass is 9.96. The predicted molar refractivity (Wildman–Crippen MR) is 83.5 cm³/mol. The fourth-order valence-corrected chi connectivity index (χ4v) is 2.56. The molecule has 104 valence electrons. The predicted octanol–water partition coefficient (Wildman–Crippen LogP) is 3.50. The van der Waals surface area contributed by atoms with Crippen molar-refractivity contribution in [3.63, 3.8) is 0 Å². The maximum Gasteiger partial charge on any atom is 0.0998 e. The van der Waals surface area contributed by atoms with E-state index in [9.17, 15) is 10.5 Å². The number of hydrogen-bond donors (Lipinski definition) is 0. The zero-order valence-electron chi connectivity index (χ0n) is 12.0. The van der Waals surface area contributed by atoms with Gasteiger partial charge in [0.05, 0.1) is 35.2 Å². The molecule has 0 aliphatic heterocycles. The Hall–Kier alpha value is -3.37. The number of hydrogen-bond acceptors (Lipinski definition) is 3. The van der Waals surface area contributed by atoms with Crippen LogP contribution in [0.4, 0.5) is 0 Å². The maximum absolute atomic E-state index is 9.34. The summed E-state index contributed by atoms with van der Waals surface area (Å²) in [5.41, 5.74) is 4.49. The van der Waals surface area contributed by atoms with Crippen molar-refractivity contribution in [2.45, 2.75) is 0 Å². The van der Waals surface area contributed by atoms with Gasteiger partial charge in [-0.15, -0.1) is 0 Å². The highest BCUT2D eigenvalue weighted by atomic mass is 15.3. The monoisotopic (exact) mass is 284 g/mol. The molecule has 4 heteroatoms. The molecule has 0 spiro atoms. The lowest BCUT2D eigenvalue weighted by Gasteiger charge is -2.09. The molecule has 1 heterocycles. The van der Waals surface area contributed by atoms with E-state index < -0.39 is 0 Å². The summed E-state index contributed by atoms with van der Waals surface area (Å²) in [6, 6.07) is 19.2. The third kappa shape index (κ3) is 2.13. The molecular weight excluding hydrogens is 272 g/mol. The highest BCUT2D eigenvalue weighted by molar-refractivity contribution is 5.85. The average molecular weight is 284 g/mol. The maximum atomic E-state index is 9.34.